The third-order valence-corrected chi connectivity index (χ3v) is 9.70. The topological polar surface area (TPSA) is 140 Å². The van der Waals surface area contributed by atoms with E-state index in [0.29, 0.717) is 47.5 Å². The van der Waals surface area contributed by atoms with Crippen molar-refractivity contribution in [1.29, 1.82) is 0 Å². The summed E-state index contributed by atoms with van der Waals surface area (Å²) in [6, 6.07) is 41.3. The van der Waals surface area contributed by atoms with Gasteiger partial charge in [-0.1, -0.05) is 92.5 Å². The molecule has 0 amide bonds. The third-order valence-electron chi connectivity index (χ3n) is 9.70. The van der Waals surface area contributed by atoms with Gasteiger partial charge >= 0.3 is 17.9 Å². The molecule has 3 N–H and O–H groups in total. The summed E-state index contributed by atoms with van der Waals surface area (Å²) in [5.41, 5.74) is 11.2. The SMILES string of the molecule is C=C(C)C(=O)OCCCc1cc(-c2ccc(OC(=O)C(=C)C)cc2)cc(-c2ccc(OC(=O)C(=C)C)cc2)c1.OCCCc1cc(-c2ccc(O)cc2)cc(-c2ccc(O)cc2)c1. The van der Waals surface area contributed by atoms with E-state index in [1.807, 2.05) is 48.5 Å². The molecule has 0 bridgehead atoms. The molecular weight excluding hydrogens is 793 g/mol. The van der Waals surface area contributed by atoms with Gasteiger partial charge in [0.15, 0.2) is 0 Å². The van der Waals surface area contributed by atoms with Crippen LogP contribution in [-0.4, -0.2) is 46.4 Å². The van der Waals surface area contributed by atoms with Crippen LogP contribution in [0.15, 0.2) is 170 Å². The van der Waals surface area contributed by atoms with E-state index < -0.39 is 17.9 Å². The predicted molar refractivity (Wildman–Crippen MR) is 248 cm³/mol. The summed E-state index contributed by atoms with van der Waals surface area (Å²) in [6.45, 7) is 16.1. The van der Waals surface area contributed by atoms with Crippen molar-refractivity contribution in [3.05, 3.63) is 181 Å². The zero-order valence-electron chi connectivity index (χ0n) is 35.9. The molecule has 0 heterocycles. The highest BCUT2D eigenvalue weighted by molar-refractivity contribution is 5.89. The van der Waals surface area contributed by atoms with Gasteiger partial charge < -0.3 is 29.5 Å². The molecule has 6 rings (SSSR count). The highest BCUT2D eigenvalue weighted by Crippen LogP contribution is 2.33. The Morgan fingerprint density at radius 3 is 1.08 bits per heavy atom. The van der Waals surface area contributed by atoms with Crippen LogP contribution < -0.4 is 9.47 Å². The lowest BCUT2D eigenvalue weighted by molar-refractivity contribution is -0.139. The molecule has 322 valence electrons. The number of aromatic hydroxyl groups is 2. The molecule has 0 aliphatic rings. The van der Waals surface area contributed by atoms with E-state index in [-0.39, 0.29) is 24.7 Å². The van der Waals surface area contributed by atoms with E-state index in [4.69, 9.17) is 19.3 Å². The zero-order valence-corrected chi connectivity index (χ0v) is 35.9. The van der Waals surface area contributed by atoms with Crippen molar-refractivity contribution in [3.8, 4) is 67.5 Å². The van der Waals surface area contributed by atoms with Gasteiger partial charge in [0.1, 0.15) is 23.0 Å². The predicted octanol–water partition coefficient (Wildman–Crippen LogP) is 11.4. The highest BCUT2D eigenvalue weighted by Gasteiger charge is 2.12. The summed E-state index contributed by atoms with van der Waals surface area (Å²) in [5.74, 6) is 0.00503. The molecule has 6 aromatic carbocycles. The van der Waals surface area contributed by atoms with Gasteiger partial charge in [-0.05, 0) is 163 Å². The van der Waals surface area contributed by atoms with Gasteiger partial charge in [-0.15, -0.1) is 0 Å². The fourth-order valence-electron chi connectivity index (χ4n) is 6.31. The van der Waals surface area contributed by atoms with E-state index in [2.05, 4.69) is 56.1 Å². The van der Waals surface area contributed by atoms with Crippen molar-refractivity contribution >= 4 is 17.9 Å². The van der Waals surface area contributed by atoms with Gasteiger partial charge in [-0.25, -0.2) is 14.4 Å². The van der Waals surface area contributed by atoms with Crippen LogP contribution in [0.1, 0.15) is 44.7 Å². The fraction of sp³-hybridized carbons (Fsp3) is 0.167. The van der Waals surface area contributed by atoms with Crippen LogP contribution in [-0.2, 0) is 32.0 Å². The van der Waals surface area contributed by atoms with Crippen molar-refractivity contribution in [2.24, 2.45) is 0 Å². The average molecular weight is 845 g/mol. The van der Waals surface area contributed by atoms with Gasteiger partial charge in [0.05, 0.1) is 6.61 Å². The van der Waals surface area contributed by atoms with Gasteiger partial charge in [-0.2, -0.15) is 0 Å². The normalized spacial score (nSPS) is 10.5. The molecule has 0 spiro atoms. The van der Waals surface area contributed by atoms with E-state index in [0.717, 1.165) is 62.1 Å². The number of hydrogen-bond acceptors (Lipinski definition) is 9. The molecule has 0 radical (unpaired) electrons. The Balaban J connectivity index is 0.000000265. The number of carbonyl (C=O) groups excluding carboxylic acids is 3. The van der Waals surface area contributed by atoms with E-state index in [9.17, 15) is 24.6 Å². The summed E-state index contributed by atoms with van der Waals surface area (Å²) >= 11 is 0. The summed E-state index contributed by atoms with van der Waals surface area (Å²) in [6.07, 6.45) is 2.85. The molecular formula is C54H52O9. The standard InChI is InChI=1S/C33H32O6.C21H20O3/c1-21(2)31(34)37-17-7-8-24-18-27(25-9-13-29(14-10-25)38-32(35)22(3)4)20-28(19-24)26-11-15-30(16-12-26)39-33(36)23(5)6;22-11-1-2-15-12-18(16-3-7-20(23)8-4-16)14-19(13-15)17-5-9-21(24)10-6-17/h9-16,18-20H,1,3,5,7-8,17H2,2,4,6H3;3-10,12-14,22-24H,1-2,11H2. The molecule has 6 aromatic rings. The van der Waals surface area contributed by atoms with Crippen molar-refractivity contribution < 1.29 is 43.9 Å². The minimum Gasteiger partial charge on any atom is -0.508 e. The molecule has 0 saturated carbocycles. The Morgan fingerprint density at radius 2 is 0.762 bits per heavy atom. The second-order valence-electron chi connectivity index (χ2n) is 15.2. The molecule has 9 heteroatoms. The second-order valence-corrected chi connectivity index (χ2v) is 15.2. The summed E-state index contributed by atoms with van der Waals surface area (Å²) in [5, 5.41) is 28.1. The van der Waals surface area contributed by atoms with Gasteiger partial charge in [-0.3, -0.25) is 0 Å². The first-order chi connectivity index (χ1) is 30.2. The van der Waals surface area contributed by atoms with Crippen LogP contribution >= 0.6 is 0 Å². The molecule has 0 aromatic heterocycles. The first-order valence-electron chi connectivity index (χ1n) is 20.5. The van der Waals surface area contributed by atoms with Gasteiger partial charge in [0.25, 0.3) is 0 Å². The van der Waals surface area contributed by atoms with Crippen molar-refractivity contribution in [2.75, 3.05) is 13.2 Å². The maximum absolute atomic E-state index is 11.8. The van der Waals surface area contributed by atoms with E-state index >= 15 is 0 Å². The Labute approximate surface area is 368 Å². The third kappa shape index (κ3) is 14.0. The second kappa shape index (κ2) is 22.4. The number of benzene rings is 6. The highest BCUT2D eigenvalue weighted by atomic mass is 16.5. The Bertz CT molecular complexity index is 2410. The molecule has 0 atom stereocenters. The van der Waals surface area contributed by atoms with Crippen LogP contribution in [0.4, 0.5) is 0 Å². The maximum Gasteiger partial charge on any atom is 0.338 e. The van der Waals surface area contributed by atoms with Crippen LogP contribution in [0.5, 0.6) is 23.0 Å². The van der Waals surface area contributed by atoms with Crippen molar-refractivity contribution in [2.45, 2.75) is 46.5 Å². The quantitative estimate of drug-likeness (QED) is 0.0376. The Morgan fingerprint density at radius 1 is 0.444 bits per heavy atom. The number of ether oxygens (including phenoxy) is 3. The summed E-state index contributed by atoms with van der Waals surface area (Å²) in [4.78, 5) is 35.4. The first kappa shape index (κ1) is 46.6. The number of phenols is 2. The molecule has 0 saturated heterocycles. The Kier molecular flexibility index (Phi) is 16.5. The minimum atomic E-state index is -0.475. The lowest BCUT2D eigenvalue weighted by atomic mass is 9.94. The number of aliphatic hydroxyl groups is 1. The van der Waals surface area contributed by atoms with Crippen LogP contribution in [0.2, 0.25) is 0 Å². The number of aryl methyl sites for hydroxylation is 2. The smallest absolute Gasteiger partial charge is 0.338 e. The lowest BCUT2D eigenvalue weighted by Crippen LogP contribution is -2.08. The van der Waals surface area contributed by atoms with Crippen LogP contribution in [0.3, 0.4) is 0 Å². The van der Waals surface area contributed by atoms with E-state index in [1.165, 1.54) is 0 Å². The van der Waals surface area contributed by atoms with Crippen LogP contribution in [0, 0.1) is 0 Å². The number of aliphatic hydroxyl groups excluding tert-OH is 1. The first-order valence-corrected chi connectivity index (χ1v) is 20.5. The fourth-order valence-corrected chi connectivity index (χ4v) is 6.31. The number of carbonyl (C=O) groups is 3. The summed E-state index contributed by atoms with van der Waals surface area (Å²) in [7, 11) is 0. The number of phenolic OH excluding ortho intramolecular Hbond substituents is 2. The number of esters is 3. The summed E-state index contributed by atoms with van der Waals surface area (Å²) < 4.78 is 15.9. The minimum absolute atomic E-state index is 0.165. The zero-order chi connectivity index (χ0) is 45.5. The molecule has 0 unspecified atom stereocenters. The molecule has 63 heavy (non-hydrogen) atoms. The van der Waals surface area contributed by atoms with Gasteiger partial charge in [0.2, 0.25) is 0 Å². The number of rotatable bonds is 16. The maximum atomic E-state index is 11.8. The molecule has 0 aliphatic heterocycles. The average Bonchev–Trinajstić information content (AvgIpc) is 3.28. The van der Waals surface area contributed by atoms with E-state index in [1.54, 1.807) is 69.3 Å². The number of hydrogen-bond donors (Lipinski definition) is 3. The van der Waals surface area contributed by atoms with Crippen molar-refractivity contribution in [3.63, 3.8) is 0 Å². The lowest BCUT2D eigenvalue weighted by Gasteiger charge is -2.12. The van der Waals surface area contributed by atoms with Crippen molar-refractivity contribution in [1.82, 2.24) is 0 Å². The molecule has 0 aliphatic carbocycles. The molecule has 0 fully saturated rings. The molecule has 9 nitrogen and oxygen atoms in total. The largest absolute Gasteiger partial charge is 0.508 e. The monoisotopic (exact) mass is 844 g/mol. The van der Waals surface area contributed by atoms with Gasteiger partial charge in [0, 0.05) is 23.3 Å². The Hall–Kier alpha value is -7.49. The van der Waals surface area contributed by atoms with Crippen LogP contribution in [0.25, 0.3) is 44.5 Å².